The quantitative estimate of drug-likeness (QED) is 0.603. The normalized spacial score (nSPS) is 10.9. The van der Waals surface area contributed by atoms with Crippen LogP contribution in [0, 0.1) is 0 Å². The zero-order valence-corrected chi connectivity index (χ0v) is 14.6. The second-order valence-corrected chi connectivity index (χ2v) is 6.38. The van der Waals surface area contributed by atoms with Crippen LogP contribution in [-0.2, 0) is 0 Å². The lowest BCUT2D eigenvalue weighted by atomic mass is 10.3. The molecular formula is C13H7Br3N2O2. The van der Waals surface area contributed by atoms with Gasteiger partial charge in [-0.2, -0.15) is 5.11 Å². The SMILES string of the molecule is O=c1ccc(N=Nc2c(Br)cc(Br)cc2Br)ccc1O. The molecule has 7 heteroatoms. The van der Waals surface area contributed by atoms with Crippen LogP contribution in [0.4, 0.5) is 11.4 Å². The summed E-state index contributed by atoms with van der Waals surface area (Å²) in [6.07, 6.45) is 0. The molecule has 102 valence electrons. The van der Waals surface area contributed by atoms with Crippen LogP contribution in [0.1, 0.15) is 0 Å². The molecule has 0 bridgehead atoms. The molecule has 0 saturated heterocycles. The van der Waals surface area contributed by atoms with Crippen LogP contribution in [0.15, 0.2) is 64.8 Å². The maximum atomic E-state index is 11.2. The first-order chi connectivity index (χ1) is 9.47. The first kappa shape index (κ1) is 15.3. The number of benzene rings is 1. The molecule has 1 N–H and O–H groups in total. The van der Waals surface area contributed by atoms with Gasteiger partial charge in [0.2, 0.25) is 5.43 Å². The summed E-state index contributed by atoms with van der Waals surface area (Å²) in [6.45, 7) is 0. The van der Waals surface area contributed by atoms with Crippen molar-refractivity contribution in [3.8, 4) is 5.75 Å². The molecule has 0 aliphatic carbocycles. The van der Waals surface area contributed by atoms with Gasteiger partial charge in [0.25, 0.3) is 0 Å². The van der Waals surface area contributed by atoms with Crippen LogP contribution in [0.2, 0.25) is 0 Å². The fourth-order valence-corrected chi connectivity index (χ4v) is 3.77. The predicted octanol–water partition coefficient (Wildman–Crippen LogP) is 5.46. The summed E-state index contributed by atoms with van der Waals surface area (Å²) in [6, 6.07) is 9.25. The summed E-state index contributed by atoms with van der Waals surface area (Å²) in [5.74, 6) is -0.322. The minimum atomic E-state index is -0.461. The summed E-state index contributed by atoms with van der Waals surface area (Å²) >= 11 is 10.2. The lowest BCUT2D eigenvalue weighted by Crippen LogP contribution is -1.91. The molecular weight excluding hydrogens is 456 g/mol. The van der Waals surface area contributed by atoms with E-state index in [1.54, 1.807) is 0 Å². The molecule has 0 heterocycles. The van der Waals surface area contributed by atoms with E-state index in [9.17, 15) is 9.90 Å². The monoisotopic (exact) mass is 460 g/mol. The van der Waals surface area contributed by atoms with Crippen molar-refractivity contribution < 1.29 is 5.11 Å². The zero-order valence-electron chi connectivity index (χ0n) is 9.85. The smallest absolute Gasteiger partial charge is 0.220 e. The molecule has 2 aromatic carbocycles. The Hall–Kier alpha value is -1.05. The highest BCUT2D eigenvalue weighted by molar-refractivity contribution is 9.11. The van der Waals surface area contributed by atoms with Gasteiger partial charge in [-0.25, -0.2) is 0 Å². The highest BCUT2D eigenvalue weighted by Crippen LogP contribution is 2.37. The Morgan fingerprint density at radius 3 is 2.15 bits per heavy atom. The van der Waals surface area contributed by atoms with Gasteiger partial charge >= 0.3 is 0 Å². The van der Waals surface area contributed by atoms with Gasteiger partial charge in [0.1, 0.15) is 5.69 Å². The van der Waals surface area contributed by atoms with Gasteiger partial charge in [0, 0.05) is 13.4 Å². The average molecular weight is 463 g/mol. The summed E-state index contributed by atoms with van der Waals surface area (Å²) in [5.41, 5.74) is 0.632. The molecule has 0 radical (unpaired) electrons. The standard InChI is InChI=1S/C13H7Br3N2O2/c14-7-5-9(15)13(10(16)6-7)18-17-8-1-3-11(19)12(20)4-2-8/h1-6H,(H,19,20). The molecule has 0 aliphatic rings. The van der Waals surface area contributed by atoms with E-state index < -0.39 is 5.43 Å². The molecule has 0 atom stereocenters. The predicted molar refractivity (Wildman–Crippen MR) is 88.1 cm³/mol. The van der Waals surface area contributed by atoms with Crippen molar-refractivity contribution in [1.82, 2.24) is 0 Å². The van der Waals surface area contributed by atoms with Crippen LogP contribution in [0.25, 0.3) is 0 Å². The van der Waals surface area contributed by atoms with Crippen LogP contribution >= 0.6 is 47.8 Å². The Bertz CT molecular complexity index is 725. The number of rotatable bonds is 2. The maximum Gasteiger partial charge on any atom is 0.220 e. The largest absolute Gasteiger partial charge is 0.504 e. The van der Waals surface area contributed by atoms with Crippen molar-refractivity contribution in [2.45, 2.75) is 0 Å². The summed E-state index contributed by atoms with van der Waals surface area (Å²) in [7, 11) is 0. The highest BCUT2D eigenvalue weighted by atomic mass is 79.9. The third kappa shape index (κ3) is 3.74. The van der Waals surface area contributed by atoms with E-state index in [0.29, 0.717) is 11.4 Å². The van der Waals surface area contributed by atoms with Gasteiger partial charge in [-0.15, -0.1) is 5.11 Å². The second-order valence-electron chi connectivity index (χ2n) is 3.76. The third-order valence-corrected chi connectivity index (χ3v) is 3.98. The van der Waals surface area contributed by atoms with E-state index in [1.165, 1.54) is 24.3 Å². The Labute approximate surface area is 140 Å². The molecule has 20 heavy (non-hydrogen) atoms. The van der Waals surface area contributed by atoms with Crippen LogP contribution < -0.4 is 5.43 Å². The number of halogens is 3. The van der Waals surface area contributed by atoms with Crippen molar-refractivity contribution in [3.05, 3.63) is 60.0 Å². The topological polar surface area (TPSA) is 62.0 Å². The van der Waals surface area contributed by atoms with Crippen molar-refractivity contribution >= 4 is 59.2 Å². The minimum Gasteiger partial charge on any atom is -0.504 e. The molecule has 0 spiro atoms. The van der Waals surface area contributed by atoms with Gasteiger partial charge < -0.3 is 5.11 Å². The molecule has 2 aromatic rings. The fourth-order valence-electron chi connectivity index (χ4n) is 1.35. The maximum absolute atomic E-state index is 11.2. The third-order valence-electron chi connectivity index (χ3n) is 2.32. The number of hydrogen-bond donors (Lipinski definition) is 1. The Kier molecular flexibility index (Phi) is 5.06. The Morgan fingerprint density at radius 2 is 1.50 bits per heavy atom. The van der Waals surface area contributed by atoms with E-state index in [-0.39, 0.29) is 5.75 Å². The lowest BCUT2D eigenvalue weighted by molar-refractivity contribution is 0.471. The molecule has 0 unspecified atom stereocenters. The zero-order chi connectivity index (χ0) is 14.7. The molecule has 4 nitrogen and oxygen atoms in total. The molecule has 0 aliphatic heterocycles. The molecule has 0 amide bonds. The van der Waals surface area contributed by atoms with Crippen molar-refractivity contribution in [2.24, 2.45) is 10.2 Å². The van der Waals surface area contributed by atoms with E-state index in [1.807, 2.05) is 12.1 Å². The van der Waals surface area contributed by atoms with Gasteiger partial charge in [-0.3, -0.25) is 4.79 Å². The van der Waals surface area contributed by atoms with Gasteiger partial charge in [-0.05, 0) is 68.3 Å². The first-order valence-corrected chi connectivity index (χ1v) is 7.75. The summed E-state index contributed by atoms with van der Waals surface area (Å²) in [4.78, 5) is 11.2. The Balaban J connectivity index is 2.40. The number of hydrogen-bond acceptors (Lipinski definition) is 4. The second kappa shape index (κ2) is 6.60. The minimum absolute atomic E-state index is 0.322. The summed E-state index contributed by atoms with van der Waals surface area (Å²) < 4.78 is 2.45. The number of aromatic hydroxyl groups is 1. The Morgan fingerprint density at radius 1 is 0.900 bits per heavy atom. The van der Waals surface area contributed by atoms with E-state index in [0.717, 1.165) is 13.4 Å². The molecule has 0 fully saturated rings. The molecule has 2 rings (SSSR count). The van der Waals surface area contributed by atoms with E-state index in [2.05, 4.69) is 58.0 Å². The molecule has 0 saturated carbocycles. The van der Waals surface area contributed by atoms with E-state index in [4.69, 9.17) is 0 Å². The number of azo groups is 1. The van der Waals surface area contributed by atoms with E-state index >= 15 is 0 Å². The molecule has 0 aromatic heterocycles. The number of nitrogens with zero attached hydrogens (tertiary/aromatic N) is 2. The van der Waals surface area contributed by atoms with Crippen LogP contribution in [-0.4, -0.2) is 5.11 Å². The summed E-state index contributed by atoms with van der Waals surface area (Å²) in [5, 5.41) is 17.5. The van der Waals surface area contributed by atoms with Crippen molar-refractivity contribution in [3.63, 3.8) is 0 Å². The first-order valence-electron chi connectivity index (χ1n) is 5.37. The van der Waals surface area contributed by atoms with Gasteiger partial charge in [0.15, 0.2) is 5.75 Å². The van der Waals surface area contributed by atoms with Crippen molar-refractivity contribution in [2.75, 3.05) is 0 Å². The lowest BCUT2D eigenvalue weighted by Gasteiger charge is -2.01. The van der Waals surface area contributed by atoms with Gasteiger partial charge in [-0.1, -0.05) is 15.9 Å². The van der Waals surface area contributed by atoms with Gasteiger partial charge in [0.05, 0.1) is 5.69 Å². The highest BCUT2D eigenvalue weighted by Gasteiger charge is 2.05. The van der Waals surface area contributed by atoms with Crippen molar-refractivity contribution in [1.29, 1.82) is 0 Å². The van der Waals surface area contributed by atoms with Crippen LogP contribution in [0.3, 0.4) is 0 Å². The van der Waals surface area contributed by atoms with Crippen LogP contribution in [0.5, 0.6) is 5.75 Å². The fraction of sp³-hybridized carbons (Fsp3) is 0. The average Bonchev–Trinajstić information content (AvgIpc) is 2.52.